The van der Waals surface area contributed by atoms with Gasteiger partial charge in [0, 0.05) is 0 Å². The van der Waals surface area contributed by atoms with E-state index in [1.807, 2.05) is 37.3 Å². The number of benzene rings is 1. The average Bonchev–Trinajstić information content (AvgIpc) is 2.71. The van der Waals surface area contributed by atoms with E-state index in [9.17, 15) is 4.79 Å². The Balaban J connectivity index is 2.45. The fraction of sp³-hybridized carbons (Fsp3) is 0.182. The minimum atomic E-state index is -1.14. The molecule has 2 rings (SSSR count). The zero-order valence-electron chi connectivity index (χ0n) is 9.04. The van der Waals surface area contributed by atoms with E-state index in [0.29, 0.717) is 0 Å². The molecule has 5 nitrogen and oxygen atoms in total. The maximum atomic E-state index is 11.1. The Hall–Kier alpha value is -1.88. The van der Waals surface area contributed by atoms with E-state index in [2.05, 4.69) is 10.3 Å². The molecule has 0 amide bonds. The first-order valence-corrected chi connectivity index (χ1v) is 5.38. The Morgan fingerprint density at radius 3 is 2.65 bits per heavy atom. The molecule has 0 saturated carbocycles. The van der Waals surface area contributed by atoms with Crippen LogP contribution in [0.2, 0.25) is 5.15 Å². The monoisotopic (exact) mass is 251 g/mol. The maximum Gasteiger partial charge on any atom is 0.357 e. The number of carbonyl (C=O) groups is 1. The lowest BCUT2D eigenvalue weighted by Crippen LogP contribution is -2.15. The molecule has 2 aromatic rings. The highest BCUT2D eigenvalue weighted by molar-refractivity contribution is 6.32. The summed E-state index contributed by atoms with van der Waals surface area (Å²) in [6.45, 7) is 1.84. The third-order valence-electron chi connectivity index (χ3n) is 2.50. The van der Waals surface area contributed by atoms with E-state index >= 15 is 0 Å². The van der Waals surface area contributed by atoms with Crippen LogP contribution in [-0.2, 0) is 0 Å². The van der Waals surface area contributed by atoms with Crippen molar-refractivity contribution in [1.29, 1.82) is 0 Å². The van der Waals surface area contributed by atoms with Crippen molar-refractivity contribution in [2.45, 2.75) is 13.0 Å². The molecular weight excluding hydrogens is 242 g/mol. The lowest BCUT2D eigenvalue weighted by molar-refractivity contribution is 0.0682. The fourth-order valence-corrected chi connectivity index (χ4v) is 1.81. The zero-order chi connectivity index (χ0) is 12.4. The number of carboxylic acid groups (broad SMARTS) is 1. The summed E-state index contributed by atoms with van der Waals surface area (Å²) in [6.07, 6.45) is 0. The SMILES string of the molecule is C[C@H](c1ccccc1)n1nnc(Cl)c1C(=O)O. The third-order valence-corrected chi connectivity index (χ3v) is 2.76. The van der Waals surface area contributed by atoms with Crippen LogP contribution in [0.1, 0.15) is 29.0 Å². The smallest absolute Gasteiger partial charge is 0.357 e. The minimum absolute atomic E-state index is 0.0944. The van der Waals surface area contributed by atoms with Crippen molar-refractivity contribution in [1.82, 2.24) is 15.0 Å². The van der Waals surface area contributed by atoms with Crippen LogP contribution >= 0.6 is 11.6 Å². The van der Waals surface area contributed by atoms with Crippen molar-refractivity contribution in [2.75, 3.05) is 0 Å². The number of aromatic carboxylic acids is 1. The molecule has 0 bridgehead atoms. The Labute approximate surface area is 103 Å². The van der Waals surface area contributed by atoms with Gasteiger partial charge in [0.15, 0.2) is 10.8 Å². The van der Waals surface area contributed by atoms with Crippen LogP contribution in [0.4, 0.5) is 0 Å². The molecule has 1 N–H and O–H groups in total. The molecule has 0 radical (unpaired) electrons. The fourth-order valence-electron chi connectivity index (χ4n) is 1.60. The van der Waals surface area contributed by atoms with E-state index in [1.165, 1.54) is 4.68 Å². The standard InChI is InChI=1S/C11H10ClN3O2/c1-7(8-5-3-2-4-6-8)15-9(11(16)17)10(12)13-14-15/h2-7H,1H3,(H,16,17)/t7-/m1/s1. The quantitative estimate of drug-likeness (QED) is 0.908. The molecule has 6 heteroatoms. The maximum absolute atomic E-state index is 11.1. The van der Waals surface area contributed by atoms with Crippen LogP contribution in [0.5, 0.6) is 0 Å². The van der Waals surface area contributed by atoms with Crippen molar-refractivity contribution >= 4 is 17.6 Å². The van der Waals surface area contributed by atoms with Gasteiger partial charge in [0.1, 0.15) is 0 Å². The van der Waals surface area contributed by atoms with E-state index in [1.54, 1.807) is 0 Å². The van der Waals surface area contributed by atoms with Gasteiger partial charge in [0.05, 0.1) is 6.04 Å². The Kier molecular flexibility index (Phi) is 3.10. The summed E-state index contributed by atoms with van der Waals surface area (Å²) >= 11 is 5.70. The summed E-state index contributed by atoms with van der Waals surface area (Å²) in [6, 6.07) is 9.21. The average molecular weight is 252 g/mol. The van der Waals surface area contributed by atoms with Crippen LogP contribution in [0.3, 0.4) is 0 Å². The van der Waals surface area contributed by atoms with Gasteiger partial charge in [-0.2, -0.15) is 0 Å². The summed E-state index contributed by atoms with van der Waals surface area (Å²) in [4.78, 5) is 11.1. The highest BCUT2D eigenvalue weighted by Gasteiger charge is 2.22. The molecular formula is C11H10ClN3O2. The van der Waals surface area contributed by atoms with Crippen molar-refractivity contribution in [3.05, 3.63) is 46.7 Å². The van der Waals surface area contributed by atoms with Crippen molar-refractivity contribution in [2.24, 2.45) is 0 Å². The van der Waals surface area contributed by atoms with Crippen LogP contribution in [0.15, 0.2) is 30.3 Å². The van der Waals surface area contributed by atoms with E-state index in [4.69, 9.17) is 16.7 Å². The van der Waals surface area contributed by atoms with Crippen molar-refractivity contribution in [3.8, 4) is 0 Å². The second-order valence-electron chi connectivity index (χ2n) is 3.57. The van der Waals surface area contributed by atoms with Gasteiger partial charge in [-0.15, -0.1) is 5.10 Å². The lowest BCUT2D eigenvalue weighted by atomic mass is 10.1. The summed E-state index contributed by atoms with van der Waals surface area (Å²) in [5, 5.41) is 16.3. The Morgan fingerprint density at radius 2 is 2.06 bits per heavy atom. The lowest BCUT2D eigenvalue weighted by Gasteiger charge is -2.13. The first kappa shape index (κ1) is 11.6. The predicted octanol–water partition coefficient (Wildman–Crippen LogP) is 2.24. The number of halogens is 1. The number of rotatable bonds is 3. The van der Waals surface area contributed by atoms with Crippen LogP contribution in [0, 0.1) is 0 Å². The molecule has 0 aliphatic heterocycles. The molecule has 0 unspecified atom stereocenters. The minimum Gasteiger partial charge on any atom is -0.476 e. The molecule has 17 heavy (non-hydrogen) atoms. The summed E-state index contributed by atoms with van der Waals surface area (Å²) in [5.41, 5.74) is 0.847. The van der Waals surface area contributed by atoms with Gasteiger partial charge in [-0.1, -0.05) is 47.1 Å². The Morgan fingerprint density at radius 1 is 1.41 bits per heavy atom. The summed E-state index contributed by atoms with van der Waals surface area (Å²) in [5.74, 6) is -1.14. The normalized spacial score (nSPS) is 12.4. The number of nitrogens with zero attached hydrogens (tertiary/aromatic N) is 3. The molecule has 1 aromatic carbocycles. The highest BCUT2D eigenvalue weighted by atomic mass is 35.5. The number of aromatic nitrogens is 3. The third kappa shape index (κ3) is 2.14. The van der Waals surface area contributed by atoms with Gasteiger partial charge >= 0.3 is 5.97 Å². The molecule has 0 saturated heterocycles. The van der Waals surface area contributed by atoms with Gasteiger partial charge in [-0.25, -0.2) is 9.48 Å². The highest BCUT2D eigenvalue weighted by Crippen LogP contribution is 2.21. The van der Waals surface area contributed by atoms with Gasteiger partial charge in [0.2, 0.25) is 0 Å². The van der Waals surface area contributed by atoms with E-state index in [0.717, 1.165) is 5.56 Å². The molecule has 0 aliphatic carbocycles. The first-order chi connectivity index (χ1) is 8.11. The molecule has 1 aromatic heterocycles. The number of carboxylic acids is 1. The molecule has 1 heterocycles. The van der Waals surface area contributed by atoms with E-state index < -0.39 is 5.97 Å². The summed E-state index contributed by atoms with van der Waals surface area (Å²) < 4.78 is 1.31. The summed E-state index contributed by atoms with van der Waals surface area (Å²) in [7, 11) is 0. The molecule has 0 aliphatic rings. The van der Waals surface area contributed by atoms with Gasteiger partial charge < -0.3 is 5.11 Å². The predicted molar refractivity (Wildman–Crippen MR) is 62.2 cm³/mol. The van der Waals surface area contributed by atoms with Crippen molar-refractivity contribution < 1.29 is 9.90 Å². The second kappa shape index (κ2) is 4.55. The van der Waals surface area contributed by atoms with Gasteiger partial charge in [-0.05, 0) is 12.5 Å². The van der Waals surface area contributed by atoms with Gasteiger partial charge in [0.25, 0.3) is 0 Å². The Bertz CT molecular complexity index is 539. The van der Waals surface area contributed by atoms with Gasteiger partial charge in [-0.3, -0.25) is 0 Å². The number of hydrogen-bond donors (Lipinski definition) is 1. The van der Waals surface area contributed by atoms with Crippen LogP contribution < -0.4 is 0 Å². The van der Waals surface area contributed by atoms with Crippen molar-refractivity contribution in [3.63, 3.8) is 0 Å². The first-order valence-electron chi connectivity index (χ1n) is 5.00. The van der Waals surface area contributed by atoms with E-state index in [-0.39, 0.29) is 16.9 Å². The molecule has 88 valence electrons. The number of hydrogen-bond acceptors (Lipinski definition) is 3. The zero-order valence-corrected chi connectivity index (χ0v) is 9.80. The largest absolute Gasteiger partial charge is 0.476 e. The molecule has 0 spiro atoms. The van der Waals surface area contributed by atoms with Crippen LogP contribution in [-0.4, -0.2) is 26.1 Å². The second-order valence-corrected chi connectivity index (χ2v) is 3.92. The topological polar surface area (TPSA) is 68.0 Å². The molecule has 0 fully saturated rings. The molecule has 1 atom stereocenters. The van der Waals surface area contributed by atoms with Crippen LogP contribution in [0.25, 0.3) is 0 Å².